The van der Waals surface area contributed by atoms with Crippen LogP contribution in [0.2, 0.25) is 0 Å². The molecule has 1 N–H and O–H groups in total. The summed E-state index contributed by atoms with van der Waals surface area (Å²) in [5.74, 6) is 0. The Labute approximate surface area is 141 Å². The second-order valence-corrected chi connectivity index (χ2v) is 7.31. The van der Waals surface area contributed by atoms with Crippen LogP contribution in [0, 0.1) is 0 Å². The molecule has 0 aliphatic carbocycles. The van der Waals surface area contributed by atoms with E-state index in [1.807, 2.05) is 13.8 Å². The Morgan fingerprint density at radius 2 is 1.13 bits per heavy atom. The number of ether oxygens (including phenoxy) is 2. The summed E-state index contributed by atoms with van der Waals surface area (Å²) in [7, 11) is -4.15. The van der Waals surface area contributed by atoms with Crippen molar-refractivity contribution in [2.75, 3.05) is 13.2 Å². The van der Waals surface area contributed by atoms with Gasteiger partial charge in [-0.3, -0.25) is 9.05 Å². The van der Waals surface area contributed by atoms with Gasteiger partial charge in [-0.15, -0.1) is 0 Å². The largest absolute Gasteiger partial charge is 0.472 e. The van der Waals surface area contributed by atoms with Gasteiger partial charge < -0.3 is 14.4 Å². The summed E-state index contributed by atoms with van der Waals surface area (Å²) < 4.78 is 33.6. The lowest BCUT2D eigenvalue weighted by Gasteiger charge is -2.26. The molecule has 7 heteroatoms. The Bertz CT molecular complexity index is 311. The molecule has 4 unspecified atom stereocenters. The Morgan fingerprint density at radius 3 is 1.43 bits per heavy atom. The van der Waals surface area contributed by atoms with E-state index in [2.05, 4.69) is 13.8 Å². The lowest BCUT2D eigenvalue weighted by Crippen LogP contribution is -2.29. The lowest BCUT2D eigenvalue weighted by molar-refractivity contribution is -0.0464. The van der Waals surface area contributed by atoms with Crippen LogP contribution in [0.4, 0.5) is 0 Å². The molecule has 0 bridgehead atoms. The van der Waals surface area contributed by atoms with Gasteiger partial charge in [0.2, 0.25) is 0 Å². The summed E-state index contributed by atoms with van der Waals surface area (Å²) in [6, 6.07) is 0. The highest BCUT2D eigenvalue weighted by Gasteiger charge is 2.31. The zero-order valence-corrected chi connectivity index (χ0v) is 16.4. The molecule has 0 aromatic carbocycles. The highest BCUT2D eigenvalue weighted by Crippen LogP contribution is 2.47. The zero-order valence-electron chi connectivity index (χ0n) is 15.5. The van der Waals surface area contributed by atoms with Gasteiger partial charge in [-0.25, -0.2) is 4.57 Å². The minimum atomic E-state index is -4.15. The van der Waals surface area contributed by atoms with Crippen LogP contribution in [-0.4, -0.2) is 42.5 Å². The Balaban J connectivity index is 4.26. The topological polar surface area (TPSA) is 74.2 Å². The maximum Gasteiger partial charge on any atom is 0.472 e. The van der Waals surface area contributed by atoms with E-state index in [0.717, 1.165) is 25.7 Å². The van der Waals surface area contributed by atoms with Gasteiger partial charge in [-0.2, -0.15) is 0 Å². The van der Waals surface area contributed by atoms with E-state index in [4.69, 9.17) is 18.5 Å². The molecular formula is C16H35O6P. The van der Waals surface area contributed by atoms with E-state index in [0.29, 0.717) is 13.2 Å². The molecule has 0 aromatic rings. The third kappa shape index (κ3) is 11.2. The third-order valence-corrected chi connectivity index (χ3v) is 4.88. The maximum absolute atomic E-state index is 12.1. The first-order valence-electron chi connectivity index (χ1n) is 8.66. The van der Waals surface area contributed by atoms with Gasteiger partial charge in [0.25, 0.3) is 0 Å². The normalized spacial score (nSPS) is 19.8. The quantitative estimate of drug-likeness (QED) is 0.370. The highest BCUT2D eigenvalue weighted by molar-refractivity contribution is 7.47. The summed E-state index contributed by atoms with van der Waals surface area (Å²) in [5.41, 5.74) is 0. The SMILES string of the molecule is CCCCOC(C)C(C)OP(=O)(O)OC(C)C(C)OCCCC. The van der Waals surface area contributed by atoms with Crippen molar-refractivity contribution in [1.82, 2.24) is 0 Å². The fourth-order valence-electron chi connectivity index (χ4n) is 1.71. The number of rotatable bonds is 14. The minimum absolute atomic E-state index is 0.279. The molecule has 0 rings (SSSR count). The van der Waals surface area contributed by atoms with E-state index in [1.54, 1.807) is 13.8 Å². The molecule has 0 aliphatic heterocycles. The van der Waals surface area contributed by atoms with Gasteiger partial charge in [-0.05, 0) is 40.5 Å². The predicted molar refractivity (Wildman–Crippen MR) is 91.6 cm³/mol. The van der Waals surface area contributed by atoms with Crippen LogP contribution in [0.25, 0.3) is 0 Å². The number of phosphoric ester groups is 1. The van der Waals surface area contributed by atoms with E-state index in [-0.39, 0.29) is 12.2 Å². The van der Waals surface area contributed by atoms with Crippen LogP contribution in [0.3, 0.4) is 0 Å². The van der Waals surface area contributed by atoms with Gasteiger partial charge >= 0.3 is 7.82 Å². The Morgan fingerprint density at radius 1 is 0.783 bits per heavy atom. The molecule has 0 aromatic heterocycles. The molecule has 0 amide bonds. The number of hydrogen-bond donors (Lipinski definition) is 1. The highest BCUT2D eigenvalue weighted by atomic mass is 31.2. The van der Waals surface area contributed by atoms with Gasteiger partial charge in [-0.1, -0.05) is 26.7 Å². The first-order chi connectivity index (χ1) is 10.7. The molecule has 0 radical (unpaired) electrons. The van der Waals surface area contributed by atoms with Crippen molar-refractivity contribution >= 4 is 7.82 Å². The number of unbranched alkanes of at least 4 members (excludes halogenated alkanes) is 2. The first kappa shape index (κ1) is 23.0. The van der Waals surface area contributed by atoms with E-state index >= 15 is 0 Å². The van der Waals surface area contributed by atoms with Gasteiger partial charge in [0.1, 0.15) is 0 Å². The monoisotopic (exact) mass is 354 g/mol. The van der Waals surface area contributed by atoms with E-state index in [9.17, 15) is 9.46 Å². The number of hydrogen-bond acceptors (Lipinski definition) is 5. The second kappa shape index (κ2) is 12.4. The Hall–Kier alpha value is 0.0300. The van der Waals surface area contributed by atoms with Crippen molar-refractivity contribution in [2.45, 2.75) is 91.6 Å². The Kier molecular flexibility index (Phi) is 12.4. The molecule has 0 aliphatic rings. The van der Waals surface area contributed by atoms with Crippen LogP contribution in [0.1, 0.15) is 67.2 Å². The maximum atomic E-state index is 12.1. The van der Waals surface area contributed by atoms with E-state index < -0.39 is 20.0 Å². The summed E-state index contributed by atoms with van der Waals surface area (Å²) in [6.45, 7) is 12.4. The zero-order chi connectivity index (χ0) is 17.9. The first-order valence-corrected chi connectivity index (χ1v) is 10.2. The van der Waals surface area contributed by atoms with Crippen molar-refractivity contribution in [3.63, 3.8) is 0 Å². The molecule has 140 valence electrons. The van der Waals surface area contributed by atoms with Crippen LogP contribution < -0.4 is 0 Å². The fraction of sp³-hybridized carbons (Fsp3) is 1.00. The molecule has 4 atom stereocenters. The lowest BCUT2D eigenvalue weighted by atomic mass is 10.2. The molecule has 0 spiro atoms. The van der Waals surface area contributed by atoms with Gasteiger partial charge in [0.15, 0.2) is 0 Å². The summed E-state index contributed by atoms with van der Waals surface area (Å²) in [5, 5.41) is 0. The standard InChI is InChI=1S/C16H35O6P/c1-7-9-11-19-13(3)15(5)21-23(17,18)22-16(6)14(4)20-12-10-8-2/h13-16H,7-12H2,1-6H3,(H,17,18). The van der Waals surface area contributed by atoms with Crippen molar-refractivity contribution in [1.29, 1.82) is 0 Å². The molecule has 0 saturated heterocycles. The van der Waals surface area contributed by atoms with Crippen LogP contribution in [0.15, 0.2) is 0 Å². The predicted octanol–water partition coefficient (Wildman–Crippen LogP) is 4.31. The number of phosphoric acid groups is 1. The average molecular weight is 354 g/mol. The molecule has 6 nitrogen and oxygen atoms in total. The average Bonchev–Trinajstić information content (AvgIpc) is 2.46. The van der Waals surface area contributed by atoms with Gasteiger partial charge in [0.05, 0.1) is 24.4 Å². The molecule has 0 saturated carbocycles. The summed E-state index contributed by atoms with van der Waals surface area (Å²) in [4.78, 5) is 9.90. The van der Waals surface area contributed by atoms with Crippen molar-refractivity contribution < 1.29 is 28.0 Å². The minimum Gasteiger partial charge on any atom is -0.376 e. The molecular weight excluding hydrogens is 319 g/mol. The summed E-state index contributed by atoms with van der Waals surface area (Å²) in [6.07, 6.45) is 2.35. The smallest absolute Gasteiger partial charge is 0.376 e. The molecule has 23 heavy (non-hydrogen) atoms. The fourth-order valence-corrected chi connectivity index (χ4v) is 2.95. The summed E-state index contributed by atoms with van der Waals surface area (Å²) >= 11 is 0. The van der Waals surface area contributed by atoms with E-state index in [1.165, 1.54) is 0 Å². The van der Waals surface area contributed by atoms with Crippen LogP contribution in [0.5, 0.6) is 0 Å². The third-order valence-electron chi connectivity index (χ3n) is 3.68. The molecule has 0 heterocycles. The van der Waals surface area contributed by atoms with Crippen LogP contribution >= 0.6 is 7.82 Å². The van der Waals surface area contributed by atoms with Crippen molar-refractivity contribution in [3.05, 3.63) is 0 Å². The van der Waals surface area contributed by atoms with Crippen molar-refractivity contribution in [2.24, 2.45) is 0 Å². The van der Waals surface area contributed by atoms with Crippen LogP contribution in [-0.2, 0) is 23.1 Å². The van der Waals surface area contributed by atoms with Crippen molar-refractivity contribution in [3.8, 4) is 0 Å². The van der Waals surface area contributed by atoms with Gasteiger partial charge in [0, 0.05) is 13.2 Å². The molecule has 0 fully saturated rings. The second-order valence-electron chi connectivity index (χ2n) is 5.95.